The topological polar surface area (TPSA) is 38.8 Å². The summed E-state index contributed by atoms with van der Waals surface area (Å²) in [5.74, 6) is 1.46. The first-order valence-electron chi connectivity index (χ1n) is 9.28. The third-order valence-electron chi connectivity index (χ3n) is 4.30. The number of rotatable bonds is 7. The van der Waals surface area contributed by atoms with Crippen molar-refractivity contribution in [3.8, 4) is 11.5 Å². The van der Waals surface area contributed by atoms with Crippen LogP contribution >= 0.6 is 51.5 Å². The fraction of sp³-hybridized carbons (Fsp3) is 0.273. The standard InChI is InChI=1S/C22H21BrClNO3S2/c1-13(2)11-25-21(26)20(30-22(25)29)9-15-8-18(27-3)19(10-17(15)23)28-12-14-4-6-16(24)7-5-14/h4-10,13H,11-12H2,1-3H3/b20-9-. The van der Waals surface area contributed by atoms with Crippen molar-refractivity contribution in [2.45, 2.75) is 20.5 Å². The first-order chi connectivity index (χ1) is 14.3. The first kappa shape index (κ1) is 23.1. The van der Waals surface area contributed by atoms with E-state index < -0.39 is 0 Å². The van der Waals surface area contributed by atoms with E-state index in [2.05, 4.69) is 29.8 Å². The Morgan fingerprint density at radius 3 is 2.57 bits per heavy atom. The Morgan fingerprint density at radius 2 is 1.93 bits per heavy atom. The molecule has 1 fully saturated rings. The zero-order valence-corrected chi connectivity index (χ0v) is 20.8. The number of thioether (sulfide) groups is 1. The lowest BCUT2D eigenvalue weighted by Crippen LogP contribution is -2.31. The Kier molecular flexibility index (Phi) is 7.85. The highest BCUT2D eigenvalue weighted by molar-refractivity contribution is 9.10. The highest BCUT2D eigenvalue weighted by Crippen LogP contribution is 2.38. The van der Waals surface area contributed by atoms with Gasteiger partial charge in [-0.1, -0.05) is 77.5 Å². The molecule has 1 amide bonds. The van der Waals surface area contributed by atoms with Gasteiger partial charge in [-0.2, -0.15) is 0 Å². The monoisotopic (exact) mass is 525 g/mol. The summed E-state index contributed by atoms with van der Waals surface area (Å²) in [4.78, 5) is 15.0. The molecule has 0 bridgehead atoms. The van der Waals surface area contributed by atoms with Crippen molar-refractivity contribution >= 4 is 67.8 Å². The molecule has 2 aromatic carbocycles. The number of methoxy groups -OCH3 is 1. The minimum atomic E-state index is -0.0624. The lowest BCUT2D eigenvalue weighted by molar-refractivity contribution is -0.122. The Hall–Kier alpha value is -1.54. The molecule has 8 heteroatoms. The van der Waals surface area contributed by atoms with Crippen LogP contribution in [-0.2, 0) is 11.4 Å². The summed E-state index contributed by atoms with van der Waals surface area (Å²) in [6.45, 7) is 5.12. The summed E-state index contributed by atoms with van der Waals surface area (Å²) in [6, 6.07) is 11.2. The third-order valence-corrected chi connectivity index (χ3v) is 6.61. The van der Waals surface area contributed by atoms with Crippen LogP contribution < -0.4 is 9.47 Å². The van der Waals surface area contributed by atoms with Gasteiger partial charge in [-0.05, 0) is 47.4 Å². The molecular formula is C22H21BrClNO3S2. The molecule has 0 spiro atoms. The Labute approximate surface area is 199 Å². The zero-order valence-electron chi connectivity index (χ0n) is 16.8. The number of hydrogen-bond donors (Lipinski definition) is 0. The summed E-state index contributed by atoms with van der Waals surface area (Å²) < 4.78 is 12.8. The normalized spacial score (nSPS) is 15.4. The van der Waals surface area contributed by atoms with E-state index >= 15 is 0 Å². The molecule has 1 aliphatic heterocycles. The minimum absolute atomic E-state index is 0.0624. The molecule has 1 heterocycles. The molecule has 30 heavy (non-hydrogen) atoms. The lowest BCUT2D eigenvalue weighted by atomic mass is 10.1. The second-order valence-electron chi connectivity index (χ2n) is 7.13. The van der Waals surface area contributed by atoms with Crippen molar-refractivity contribution in [3.63, 3.8) is 0 Å². The van der Waals surface area contributed by atoms with E-state index in [4.69, 9.17) is 33.3 Å². The van der Waals surface area contributed by atoms with E-state index in [0.717, 1.165) is 15.6 Å². The Balaban J connectivity index is 1.81. The van der Waals surface area contributed by atoms with Gasteiger partial charge >= 0.3 is 0 Å². The number of thiocarbonyl (C=S) groups is 1. The molecule has 3 rings (SSSR count). The van der Waals surface area contributed by atoms with Crippen molar-refractivity contribution in [1.82, 2.24) is 4.90 Å². The fourth-order valence-corrected chi connectivity index (χ4v) is 4.67. The van der Waals surface area contributed by atoms with E-state index in [1.165, 1.54) is 11.8 Å². The highest BCUT2D eigenvalue weighted by Gasteiger charge is 2.32. The van der Waals surface area contributed by atoms with Gasteiger partial charge in [0, 0.05) is 16.0 Å². The molecule has 0 atom stereocenters. The van der Waals surface area contributed by atoms with Crippen LogP contribution in [0.3, 0.4) is 0 Å². The molecule has 0 N–H and O–H groups in total. The molecule has 158 valence electrons. The van der Waals surface area contributed by atoms with Gasteiger partial charge < -0.3 is 9.47 Å². The second kappa shape index (κ2) is 10.2. The van der Waals surface area contributed by atoms with Gasteiger partial charge in [-0.15, -0.1) is 0 Å². The van der Waals surface area contributed by atoms with E-state index in [0.29, 0.717) is 44.8 Å². The number of amides is 1. The molecule has 0 saturated carbocycles. The van der Waals surface area contributed by atoms with Crippen LogP contribution in [0, 0.1) is 5.92 Å². The molecule has 4 nitrogen and oxygen atoms in total. The molecule has 0 aliphatic carbocycles. The SMILES string of the molecule is COc1cc(/C=C2\SC(=S)N(CC(C)C)C2=O)c(Br)cc1OCc1ccc(Cl)cc1. The largest absolute Gasteiger partial charge is 0.493 e. The van der Waals surface area contributed by atoms with Crippen LogP contribution in [0.25, 0.3) is 6.08 Å². The van der Waals surface area contributed by atoms with Crippen molar-refractivity contribution in [1.29, 1.82) is 0 Å². The van der Waals surface area contributed by atoms with Gasteiger partial charge in [0.15, 0.2) is 11.5 Å². The van der Waals surface area contributed by atoms with Gasteiger partial charge in [0.2, 0.25) is 0 Å². The van der Waals surface area contributed by atoms with Crippen molar-refractivity contribution in [2.24, 2.45) is 5.92 Å². The van der Waals surface area contributed by atoms with Crippen LogP contribution in [0.15, 0.2) is 45.8 Å². The van der Waals surface area contributed by atoms with Crippen LogP contribution in [0.4, 0.5) is 0 Å². The van der Waals surface area contributed by atoms with Crippen molar-refractivity contribution < 1.29 is 14.3 Å². The maximum absolute atomic E-state index is 12.7. The molecule has 0 aromatic heterocycles. The number of benzene rings is 2. The second-order valence-corrected chi connectivity index (χ2v) is 10.1. The van der Waals surface area contributed by atoms with E-state index in [-0.39, 0.29) is 5.91 Å². The van der Waals surface area contributed by atoms with Crippen molar-refractivity contribution in [3.05, 3.63) is 61.9 Å². The fourth-order valence-electron chi connectivity index (χ4n) is 2.84. The number of carbonyl (C=O) groups is 1. The maximum Gasteiger partial charge on any atom is 0.266 e. The first-order valence-corrected chi connectivity index (χ1v) is 11.7. The van der Waals surface area contributed by atoms with Crippen LogP contribution in [-0.4, -0.2) is 28.8 Å². The van der Waals surface area contributed by atoms with Crippen LogP contribution in [0.1, 0.15) is 25.0 Å². The average molecular weight is 527 g/mol. The van der Waals surface area contributed by atoms with E-state index in [1.807, 2.05) is 42.5 Å². The van der Waals surface area contributed by atoms with Gasteiger partial charge in [0.05, 0.1) is 12.0 Å². The molecule has 0 radical (unpaired) electrons. The number of carbonyl (C=O) groups excluding carboxylic acids is 1. The number of ether oxygens (including phenoxy) is 2. The molecule has 0 unspecified atom stereocenters. The summed E-state index contributed by atoms with van der Waals surface area (Å²) in [6.07, 6.45) is 1.83. The van der Waals surface area contributed by atoms with Gasteiger partial charge in [-0.25, -0.2) is 0 Å². The molecule has 2 aromatic rings. The van der Waals surface area contributed by atoms with Crippen molar-refractivity contribution in [2.75, 3.05) is 13.7 Å². The number of halogens is 2. The van der Waals surface area contributed by atoms with Gasteiger partial charge in [0.1, 0.15) is 10.9 Å². The molecule has 1 aliphatic rings. The highest BCUT2D eigenvalue weighted by atomic mass is 79.9. The Bertz CT molecular complexity index is 993. The smallest absolute Gasteiger partial charge is 0.266 e. The summed E-state index contributed by atoms with van der Waals surface area (Å²) in [5.41, 5.74) is 1.81. The maximum atomic E-state index is 12.7. The predicted octanol–water partition coefficient (Wildman–Crippen LogP) is 6.55. The summed E-state index contributed by atoms with van der Waals surface area (Å²) >= 11 is 16.2. The number of nitrogens with zero attached hydrogens (tertiary/aromatic N) is 1. The van der Waals surface area contributed by atoms with Gasteiger partial charge in [0.25, 0.3) is 5.91 Å². The Morgan fingerprint density at radius 1 is 1.23 bits per heavy atom. The quantitative estimate of drug-likeness (QED) is 0.302. The van der Waals surface area contributed by atoms with Crippen LogP contribution in [0.2, 0.25) is 5.02 Å². The van der Waals surface area contributed by atoms with Crippen LogP contribution in [0.5, 0.6) is 11.5 Å². The predicted molar refractivity (Wildman–Crippen MR) is 131 cm³/mol. The lowest BCUT2D eigenvalue weighted by Gasteiger charge is -2.16. The summed E-state index contributed by atoms with van der Waals surface area (Å²) in [7, 11) is 1.59. The average Bonchev–Trinajstić information content (AvgIpc) is 2.96. The zero-order chi connectivity index (χ0) is 21.8. The molecular weight excluding hydrogens is 506 g/mol. The molecule has 1 saturated heterocycles. The van der Waals surface area contributed by atoms with E-state index in [1.54, 1.807) is 12.0 Å². The third kappa shape index (κ3) is 5.58. The minimum Gasteiger partial charge on any atom is -0.493 e. The van der Waals surface area contributed by atoms with E-state index in [9.17, 15) is 4.79 Å². The number of hydrogen-bond acceptors (Lipinski definition) is 5. The van der Waals surface area contributed by atoms with Gasteiger partial charge in [-0.3, -0.25) is 9.69 Å². The summed E-state index contributed by atoms with van der Waals surface area (Å²) in [5, 5.41) is 0.683.